The van der Waals surface area contributed by atoms with E-state index in [2.05, 4.69) is 27.2 Å². The number of nitrogens with zero attached hydrogens (tertiary/aromatic N) is 2. The molecule has 0 aromatic heterocycles. The smallest absolute Gasteiger partial charge is 0.307 e. The van der Waals surface area contributed by atoms with E-state index in [1.54, 1.807) is 0 Å². The molecule has 2 aliphatic heterocycles. The van der Waals surface area contributed by atoms with E-state index in [1.165, 1.54) is 25.6 Å². The molecule has 0 aliphatic carbocycles. The van der Waals surface area contributed by atoms with Crippen LogP contribution in [-0.2, 0) is 14.3 Å². The van der Waals surface area contributed by atoms with Crippen LogP contribution in [0.3, 0.4) is 0 Å². The van der Waals surface area contributed by atoms with Gasteiger partial charge in [0.1, 0.15) is 0 Å². The standard InChI is InChI=1S/C20H29N3O3/c1-26-20(25)14-18-6-2-3-13-23(18)15-19(24)21-16-7-9-17(10-8-16)22-11-4-5-12-22/h7-10,18H,2-6,11-15H2,1H3,(H,21,24)/t18-/m0/s1. The second-order valence-electron chi connectivity index (χ2n) is 7.19. The normalized spacial score (nSPS) is 20.8. The number of rotatable bonds is 6. The van der Waals surface area contributed by atoms with Gasteiger partial charge in [-0.3, -0.25) is 14.5 Å². The van der Waals surface area contributed by atoms with Gasteiger partial charge in [-0.05, 0) is 56.5 Å². The number of methoxy groups -OCH3 is 1. The van der Waals surface area contributed by atoms with Gasteiger partial charge in [0, 0.05) is 30.5 Å². The van der Waals surface area contributed by atoms with Crippen molar-refractivity contribution in [1.82, 2.24) is 4.90 Å². The second kappa shape index (κ2) is 9.03. The average molecular weight is 359 g/mol. The summed E-state index contributed by atoms with van der Waals surface area (Å²) in [4.78, 5) is 28.5. The number of ether oxygens (including phenoxy) is 1. The molecular formula is C20H29N3O3. The Labute approximate surface area is 155 Å². The highest BCUT2D eigenvalue weighted by Gasteiger charge is 2.26. The minimum absolute atomic E-state index is 0.0318. The molecule has 6 nitrogen and oxygen atoms in total. The molecule has 26 heavy (non-hydrogen) atoms. The van der Waals surface area contributed by atoms with E-state index in [0.717, 1.165) is 44.6 Å². The molecule has 0 radical (unpaired) electrons. The predicted octanol–water partition coefficient (Wildman–Crippen LogP) is 2.64. The van der Waals surface area contributed by atoms with Crippen LogP contribution in [0.2, 0.25) is 0 Å². The Bertz CT molecular complexity index is 611. The van der Waals surface area contributed by atoms with E-state index in [4.69, 9.17) is 4.74 Å². The lowest BCUT2D eigenvalue weighted by atomic mass is 9.99. The zero-order chi connectivity index (χ0) is 18.4. The highest BCUT2D eigenvalue weighted by molar-refractivity contribution is 5.92. The fourth-order valence-electron chi connectivity index (χ4n) is 3.89. The van der Waals surface area contributed by atoms with Crippen LogP contribution in [0.15, 0.2) is 24.3 Å². The maximum Gasteiger partial charge on any atom is 0.307 e. The van der Waals surface area contributed by atoms with E-state index in [1.807, 2.05) is 12.1 Å². The summed E-state index contributed by atoms with van der Waals surface area (Å²) >= 11 is 0. The van der Waals surface area contributed by atoms with Crippen molar-refractivity contribution >= 4 is 23.3 Å². The number of likely N-dealkylation sites (tertiary alicyclic amines) is 1. The van der Waals surface area contributed by atoms with Crippen molar-refractivity contribution in [3.05, 3.63) is 24.3 Å². The van der Waals surface area contributed by atoms with E-state index >= 15 is 0 Å². The maximum atomic E-state index is 12.4. The summed E-state index contributed by atoms with van der Waals surface area (Å²) in [6.07, 6.45) is 5.95. The number of benzene rings is 1. The van der Waals surface area contributed by atoms with Crippen LogP contribution in [0.25, 0.3) is 0 Å². The Balaban J connectivity index is 1.52. The number of piperidine rings is 1. The van der Waals surface area contributed by atoms with Crippen molar-refractivity contribution in [1.29, 1.82) is 0 Å². The van der Waals surface area contributed by atoms with Gasteiger partial charge in [0.25, 0.3) is 0 Å². The van der Waals surface area contributed by atoms with Crippen LogP contribution < -0.4 is 10.2 Å². The SMILES string of the molecule is COC(=O)C[C@@H]1CCCCN1CC(=O)Nc1ccc(N2CCCC2)cc1. The van der Waals surface area contributed by atoms with Gasteiger partial charge in [0.15, 0.2) is 0 Å². The molecule has 1 aromatic carbocycles. The molecule has 2 aliphatic rings. The number of nitrogens with one attached hydrogen (secondary N) is 1. The summed E-state index contributed by atoms with van der Waals surface area (Å²) in [5.74, 6) is -0.240. The molecule has 2 saturated heterocycles. The molecule has 0 spiro atoms. The van der Waals surface area contributed by atoms with Crippen LogP contribution >= 0.6 is 0 Å². The van der Waals surface area contributed by atoms with Gasteiger partial charge in [0.05, 0.1) is 20.1 Å². The predicted molar refractivity (Wildman–Crippen MR) is 102 cm³/mol. The van der Waals surface area contributed by atoms with Gasteiger partial charge >= 0.3 is 5.97 Å². The first kappa shape index (κ1) is 18.7. The average Bonchev–Trinajstić information content (AvgIpc) is 3.18. The number of hydrogen-bond acceptors (Lipinski definition) is 5. The minimum Gasteiger partial charge on any atom is -0.469 e. The van der Waals surface area contributed by atoms with Gasteiger partial charge in [-0.2, -0.15) is 0 Å². The van der Waals surface area contributed by atoms with Crippen LogP contribution in [0.5, 0.6) is 0 Å². The van der Waals surface area contributed by atoms with Crippen molar-refractivity contribution in [2.75, 3.05) is 43.5 Å². The Hall–Kier alpha value is -2.08. The molecule has 6 heteroatoms. The lowest BCUT2D eigenvalue weighted by molar-refractivity contribution is -0.142. The Morgan fingerprint density at radius 3 is 2.46 bits per heavy atom. The summed E-state index contributed by atoms with van der Waals surface area (Å²) in [6, 6.07) is 8.17. The number of amides is 1. The molecular weight excluding hydrogens is 330 g/mol. The van der Waals surface area contributed by atoms with Crippen molar-refractivity contribution in [3.63, 3.8) is 0 Å². The fourth-order valence-corrected chi connectivity index (χ4v) is 3.89. The molecule has 1 amide bonds. The number of hydrogen-bond donors (Lipinski definition) is 1. The largest absolute Gasteiger partial charge is 0.469 e. The number of anilines is 2. The van der Waals surface area contributed by atoms with E-state index < -0.39 is 0 Å². The molecule has 3 rings (SSSR count). The third kappa shape index (κ3) is 4.97. The lowest BCUT2D eigenvalue weighted by Gasteiger charge is -2.34. The molecule has 0 bridgehead atoms. The topological polar surface area (TPSA) is 61.9 Å². The van der Waals surface area contributed by atoms with Crippen molar-refractivity contribution in [3.8, 4) is 0 Å². The Morgan fingerprint density at radius 1 is 1.08 bits per heavy atom. The van der Waals surface area contributed by atoms with Crippen LogP contribution in [0.1, 0.15) is 38.5 Å². The van der Waals surface area contributed by atoms with Crippen LogP contribution in [0.4, 0.5) is 11.4 Å². The molecule has 1 N–H and O–H groups in total. The second-order valence-corrected chi connectivity index (χ2v) is 7.19. The van der Waals surface area contributed by atoms with Gasteiger partial charge < -0.3 is 15.0 Å². The maximum absolute atomic E-state index is 12.4. The number of esters is 1. The number of carbonyl (C=O) groups is 2. The van der Waals surface area contributed by atoms with E-state index in [0.29, 0.717) is 13.0 Å². The van der Waals surface area contributed by atoms with Crippen molar-refractivity contribution in [2.24, 2.45) is 0 Å². The molecule has 2 heterocycles. The third-order valence-electron chi connectivity index (χ3n) is 5.35. The molecule has 0 unspecified atom stereocenters. The molecule has 1 aromatic rings. The zero-order valence-electron chi connectivity index (χ0n) is 15.6. The summed E-state index contributed by atoms with van der Waals surface area (Å²) < 4.78 is 4.79. The van der Waals surface area contributed by atoms with Gasteiger partial charge in [0.2, 0.25) is 5.91 Å². The summed E-state index contributed by atoms with van der Waals surface area (Å²) in [7, 11) is 1.41. The van der Waals surface area contributed by atoms with E-state index in [-0.39, 0.29) is 17.9 Å². The minimum atomic E-state index is -0.209. The first-order chi connectivity index (χ1) is 12.7. The zero-order valence-corrected chi connectivity index (χ0v) is 15.6. The summed E-state index contributed by atoms with van der Waals surface area (Å²) in [6.45, 7) is 3.39. The summed E-state index contributed by atoms with van der Waals surface area (Å²) in [5, 5.41) is 2.98. The molecule has 1 atom stereocenters. The highest BCUT2D eigenvalue weighted by Crippen LogP contribution is 2.23. The van der Waals surface area contributed by atoms with Crippen LogP contribution in [0, 0.1) is 0 Å². The van der Waals surface area contributed by atoms with Gasteiger partial charge in [-0.25, -0.2) is 0 Å². The summed E-state index contributed by atoms with van der Waals surface area (Å²) in [5.41, 5.74) is 2.04. The first-order valence-electron chi connectivity index (χ1n) is 9.61. The Kier molecular flexibility index (Phi) is 6.50. The molecule has 0 saturated carbocycles. The van der Waals surface area contributed by atoms with Gasteiger partial charge in [-0.1, -0.05) is 6.42 Å². The number of carbonyl (C=O) groups excluding carboxylic acids is 2. The lowest BCUT2D eigenvalue weighted by Crippen LogP contribution is -2.45. The Morgan fingerprint density at radius 2 is 1.77 bits per heavy atom. The quantitative estimate of drug-likeness (QED) is 0.791. The third-order valence-corrected chi connectivity index (χ3v) is 5.35. The first-order valence-corrected chi connectivity index (χ1v) is 9.61. The van der Waals surface area contributed by atoms with Crippen LogP contribution in [-0.4, -0.2) is 56.1 Å². The monoisotopic (exact) mass is 359 g/mol. The molecule has 2 fully saturated rings. The highest BCUT2D eigenvalue weighted by atomic mass is 16.5. The van der Waals surface area contributed by atoms with Gasteiger partial charge in [-0.15, -0.1) is 0 Å². The van der Waals surface area contributed by atoms with E-state index in [9.17, 15) is 9.59 Å². The molecule has 142 valence electrons. The van der Waals surface area contributed by atoms with Crippen molar-refractivity contribution in [2.45, 2.75) is 44.6 Å². The fraction of sp³-hybridized carbons (Fsp3) is 0.600. The van der Waals surface area contributed by atoms with Crippen molar-refractivity contribution < 1.29 is 14.3 Å².